The SMILES string of the molecule is CCOCC1(C)COC1. The standard InChI is InChI=1S/C7H14O2/c1-3-8-4-7(2)5-9-6-7/h3-6H2,1-2H3. The first-order chi connectivity index (χ1) is 4.27. The van der Waals surface area contributed by atoms with Crippen molar-refractivity contribution < 1.29 is 9.47 Å². The van der Waals surface area contributed by atoms with Gasteiger partial charge in [0, 0.05) is 12.0 Å². The molecule has 9 heavy (non-hydrogen) atoms. The van der Waals surface area contributed by atoms with E-state index in [0.717, 1.165) is 26.4 Å². The molecule has 0 bridgehead atoms. The second-order valence-electron chi connectivity index (χ2n) is 2.94. The summed E-state index contributed by atoms with van der Waals surface area (Å²) < 4.78 is 10.3. The van der Waals surface area contributed by atoms with Crippen LogP contribution >= 0.6 is 0 Å². The molecule has 1 rings (SSSR count). The molecular weight excluding hydrogens is 116 g/mol. The number of hydrogen-bond acceptors (Lipinski definition) is 2. The van der Waals surface area contributed by atoms with Crippen LogP contribution in [-0.2, 0) is 9.47 Å². The molecule has 1 saturated heterocycles. The van der Waals surface area contributed by atoms with Crippen LogP contribution in [0.3, 0.4) is 0 Å². The van der Waals surface area contributed by atoms with E-state index in [4.69, 9.17) is 9.47 Å². The van der Waals surface area contributed by atoms with E-state index < -0.39 is 0 Å². The van der Waals surface area contributed by atoms with Crippen LogP contribution in [0.5, 0.6) is 0 Å². The van der Waals surface area contributed by atoms with E-state index in [9.17, 15) is 0 Å². The van der Waals surface area contributed by atoms with Crippen LogP contribution in [0.2, 0.25) is 0 Å². The van der Waals surface area contributed by atoms with Crippen molar-refractivity contribution in [2.75, 3.05) is 26.4 Å². The monoisotopic (exact) mass is 130 g/mol. The molecule has 0 spiro atoms. The maximum absolute atomic E-state index is 5.26. The van der Waals surface area contributed by atoms with Gasteiger partial charge in [-0.1, -0.05) is 6.92 Å². The molecule has 0 aromatic heterocycles. The van der Waals surface area contributed by atoms with Gasteiger partial charge in [0.2, 0.25) is 0 Å². The Hall–Kier alpha value is -0.0800. The van der Waals surface area contributed by atoms with Gasteiger partial charge in [-0.05, 0) is 6.92 Å². The highest BCUT2D eigenvalue weighted by Crippen LogP contribution is 2.26. The third-order valence-corrected chi connectivity index (χ3v) is 1.56. The number of hydrogen-bond donors (Lipinski definition) is 0. The molecule has 0 aromatic carbocycles. The third-order valence-electron chi connectivity index (χ3n) is 1.56. The fourth-order valence-electron chi connectivity index (χ4n) is 0.882. The number of ether oxygens (including phenoxy) is 2. The second kappa shape index (κ2) is 2.67. The lowest BCUT2D eigenvalue weighted by Crippen LogP contribution is -2.43. The summed E-state index contributed by atoms with van der Waals surface area (Å²) in [7, 11) is 0. The maximum Gasteiger partial charge on any atom is 0.0564 e. The average molecular weight is 130 g/mol. The van der Waals surface area contributed by atoms with Gasteiger partial charge in [-0.2, -0.15) is 0 Å². The predicted octanol–water partition coefficient (Wildman–Crippen LogP) is 1.06. The molecular formula is C7H14O2. The van der Waals surface area contributed by atoms with E-state index in [1.165, 1.54) is 0 Å². The van der Waals surface area contributed by atoms with Crippen molar-refractivity contribution >= 4 is 0 Å². The molecule has 0 N–H and O–H groups in total. The van der Waals surface area contributed by atoms with Crippen LogP contribution in [0.15, 0.2) is 0 Å². The van der Waals surface area contributed by atoms with Crippen molar-refractivity contribution in [2.45, 2.75) is 13.8 Å². The summed E-state index contributed by atoms with van der Waals surface area (Å²) in [6.45, 7) is 7.61. The van der Waals surface area contributed by atoms with Crippen LogP contribution in [-0.4, -0.2) is 26.4 Å². The Morgan fingerprint density at radius 1 is 1.56 bits per heavy atom. The van der Waals surface area contributed by atoms with Gasteiger partial charge in [-0.25, -0.2) is 0 Å². The minimum atomic E-state index is 0.329. The Balaban J connectivity index is 2.09. The molecule has 0 amide bonds. The minimum Gasteiger partial charge on any atom is -0.381 e. The molecule has 2 heteroatoms. The third kappa shape index (κ3) is 1.66. The molecule has 0 unspecified atom stereocenters. The summed E-state index contributed by atoms with van der Waals surface area (Å²) in [5.41, 5.74) is 0.329. The van der Waals surface area contributed by atoms with Gasteiger partial charge in [-0.3, -0.25) is 0 Å². The fraction of sp³-hybridized carbons (Fsp3) is 1.00. The highest BCUT2D eigenvalue weighted by Gasteiger charge is 2.33. The first-order valence-electron chi connectivity index (χ1n) is 3.42. The average Bonchev–Trinajstić information content (AvgIpc) is 1.79. The summed E-state index contributed by atoms with van der Waals surface area (Å²) in [5, 5.41) is 0. The van der Waals surface area contributed by atoms with Gasteiger partial charge in [-0.15, -0.1) is 0 Å². The van der Waals surface area contributed by atoms with Crippen molar-refractivity contribution in [1.82, 2.24) is 0 Å². The highest BCUT2D eigenvalue weighted by atomic mass is 16.5. The Kier molecular flexibility index (Phi) is 2.09. The highest BCUT2D eigenvalue weighted by molar-refractivity contribution is 4.79. The van der Waals surface area contributed by atoms with Gasteiger partial charge >= 0.3 is 0 Å². The Bertz CT molecular complexity index is 86.9. The molecule has 1 fully saturated rings. The topological polar surface area (TPSA) is 18.5 Å². The largest absolute Gasteiger partial charge is 0.381 e. The van der Waals surface area contributed by atoms with Crippen LogP contribution in [0.1, 0.15) is 13.8 Å². The molecule has 0 radical (unpaired) electrons. The van der Waals surface area contributed by atoms with E-state index >= 15 is 0 Å². The summed E-state index contributed by atoms with van der Waals surface area (Å²) >= 11 is 0. The normalized spacial score (nSPS) is 23.3. The molecule has 0 aliphatic carbocycles. The Morgan fingerprint density at radius 3 is 2.56 bits per heavy atom. The summed E-state index contributed by atoms with van der Waals surface area (Å²) in [6, 6.07) is 0. The molecule has 0 aromatic rings. The van der Waals surface area contributed by atoms with Crippen molar-refractivity contribution in [3.05, 3.63) is 0 Å². The second-order valence-corrected chi connectivity index (χ2v) is 2.94. The van der Waals surface area contributed by atoms with Crippen molar-refractivity contribution in [2.24, 2.45) is 5.41 Å². The van der Waals surface area contributed by atoms with Crippen molar-refractivity contribution in [3.63, 3.8) is 0 Å². The van der Waals surface area contributed by atoms with Gasteiger partial charge in [0.05, 0.1) is 19.8 Å². The van der Waals surface area contributed by atoms with Crippen LogP contribution < -0.4 is 0 Å². The summed E-state index contributed by atoms with van der Waals surface area (Å²) in [5.74, 6) is 0. The van der Waals surface area contributed by atoms with Gasteiger partial charge in [0.1, 0.15) is 0 Å². The van der Waals surface area contributed by atoms with E-state index in [0.29, 0.717) is 5.41 Å². The van der Waals surface area contributed by atoms with Gasteiger partial charge in [0.15, 0.2) is 0 Å². The van der Waals surface area contributed by atoms with E-state index in [1.54, 1.807) is 0 Å². The Labute approximate surface area is 56.2 Å². The van der Waals surface area contributed by atoms with E-state index in [1.807, 2.05) is 6.92 Å². The first-order valence-corrected chi connectivity index (χ1v) is 3.42. The fourth-order valence-corrected chi connectivity index (χ4v) is 0.882. The smallest absolute Gasteiger partial charge is 0.0564 e. The molecule has 1 aliphatic heterocycles. The Morgan fingerprint density at radius 2 is 2.22 bits per heavy atom. The molecule has 0 atom stereocenters. The van der Waals surface area contributed by atoms with Crippen molar-refractivity contribution in [3.8, 4) is 0 Å². The molecule has 2 nitrogen and oxygen atoms in total. The summed E-state index contributed by atoms with van der Waals surface area (Å²) in [6.07, 6.45) is 0. The first kappa shape index (κ1) is 7.03. The predicted molar refractivity (Wildman–Crippen MR) is 35.4 cm³/mol. The zero-order chi connectivity index (χ0) is 6.74. The van der Waals surface area contributed by atoms with Crippen LogP contribution in [0, 0.1) is 5.41 Å². The van der Waals surface area contributed by atoms with Gasteiger partial charge < -0.3 is 9.47 Å². The zero-order valence-corrected chi connectivity index (χ0v) is 6.14. The lowest BCUT2D eigenvalue weighted by molar-refractivity contribution is -0.136. The van der Waals surface area contributed by atoms with Crippen LogP contribution in [0.25, 0.3) is 0 Å². The zero-order valence-electron chi connectivity index (χ0n) is 6.14. The van der Waals surface area contributed by atoms with Crippen LogP contribution in [0.4, 0.5) is 0 Å². The number of rotatable bonds is 3. The molecule has 1 heterocycles. The minimum absolute atomic E-state index is 0.329. The van der Waals surface area contributed by atoms with Crippen molar-refractivity contribution in [1.29, 1.82) is 0 Å². The molecule has 0 saturated carbocycles. The lowest BCUT2D eigenvalue weighted by Gasteiger charge is -2.37. The van der Waals surface area contributed by atoms with E-state index in [-0.39, 0.29) is 0 Å². The van der Waals surface area contributed by atoms with Gasteiger partial charge in [0.25, 0.3) is 0 Å². The molecule has 1 aliphatic rings. The lowest BCUT2D eigenvalue weighted by atomic mass is 9.90. The van der Waals surface area contributed by atoms with E-state index in [2.05, 4.69) is 6.92 Å². The molecule has 54 valence electrons. The summed E-state index contributed by atoms with van der Waals surface area (Å²) in [4.78, 5) is 0. The maximum atomic E-state index is 5.26. The quantitative estimate of drug-likeness (QED) is 0.568.